The lowest BCUT2D eigenvalue weighted by atomic mass is 10.2. The maximum Gasteiger partial charge on any atom is 0.326 e. The molecular formula is C10H12N2O5. The third kappa shape index (κ3) is 3.42. The average Bonchev–Trinajstić information content (AvgIpc) is 2.28. The number of nitrogens with one attached hydrogen (secondary N) is 1. The number of aliphatic hydroxyl groups is 1. The van der Waals surface area contributed by atoms with Crippen molar-refractivity contribution in [3.8, 4) is 5.75 Å². The Morgan fingerprint density at radius 3 is 2.71 bits per heavy atom. The number of nitrogens with zero attached hydrogens (tertiary/aromatic N) is 1. The molecule has 0 spiro atoms. The van der Waals surface area contributed by atoms with Gasteiger partial charge in [0.25, 0.3) is 5.91 Å². The lowest BCUT2D eigenvalue weighted by Crippen LogP contribution is -2.41. The third-order valence-corrected chi connectivity index (χ3v) is 2.02. The molecule has 0 aliphatic rings. The molecule has 0 aromatic carbocycles. The fourth-order valence-electron chi connectivity index (χ4n) is 1.18. The van der Waals surface area contributed by atoms with Crippen molar-refractivity contribution in [2.75, 3.05) is 6.61 Å². The second kappa shape index (κ2) is 5.80. The van der Waals surface area contributed by atoms with Crippen LogP contribution in [0.4, 0.5) is 0 Å². The smallest absolute Gasteiger partial charge is 0.326 e. The molecule has 7 nitrogen and oxygen atoms in total. The minimum Gasteiger partial charge on any atom is -0.505 e. The number of hydrogen-bond donors (Lipinski definition) is 4. The summed E-state index contributed by atoms with van der Waals surface area (Å²) in [5.41, 5.74) is -0.253. The number of pyridine rings is 1. The topological polar surface area (TPSA) is 120 Å². The highest BCUT2D eigenvalue weighted by Crippen LogP contribution is 2.12. The zero-order chi connectivity index (χ0) is 12.8. The van der Waals surface area contributed by atoms with E-state index in [-0.39, 0.29) is 24.5 Å². The van der Waals surface area contributed by atoms with Crippen LogP contribution >= 0.6 is 0 Å². The van der Waals surface area contributed by atoms with Crippen molar-refractivity contribution in [3.63, 3.8) is 0 Å². The molecule has 7 heteroatoms. The van der Waals surface area contributed by atoms with E-state index in [0.717, 1.165) is 0 Å². The molecule has 1 rings (SSSR count). The van der Waals surface area contributed by atoms with Crippen LogP contribution in [0.5, 0.6) is 5.75 Å². The first-order chi connectivity index (χ1) is 8.06. The molecule has 0 aliphatic heterocycles. The number of carbonyl (C=O) groups excluding carboxylic acids is 1. The highest BCUT2D eigenvalue weighted by atomic mass is 16.4. The number of rotatable bonds is 5. The summed E-state index contributed by atoms with van der Waals surface area (Å²) >= 11 is 0. The molecule has 0 saturated heterocycles. The molecule has 0 saturated carbocycles. The highest BCUT2D eigenvalue weighted by Gasteiger charge is 2.22. The summed E-state index contributed by atoms with van der Waals surface area (Å²) in [6.45, 7) is -0.370. The Morgan fingerprint density at radius 2 is 2.18 bits per heavy atom. The zero-order valence-corrected chi connectivity index (χ0v) is 8.83. The molecule has 1 atom stereocenters. The predicted molar refractivity (Wildman–Crippen MR) is 56.5 cm³/mol. The standard InChI is InChI=1S/C10H12N2O5/c13-5-3-6(10(16)17)12-9(15)8-7(14)2-1-4-11-8/h1-2,4,6,13-14H,3,5H2,(H,12,15)(H,16,17)/t6-/m0/s1. The zero-order valence-electron chi connectivity index (χ0n) is 8.83. The second-order valence-corrected chi connectivity index (χ2v) is 3.25. The van der Waals surface area contributed by atoms with Gasteiger partial charge in [-0.1, -0.05) is 0 Å². The summed E-state index contributed by atoms with van der Waals surface area (Å²) in [6, 6.07) is 1.49. The number of carboxylic acids is 1. The maximum absolute atomic E-state index is 11.6. The van der Waals surface area contributed by atoms with Crippen LogP contribution in [-0.2, 0) is 4.79 Å². The molecule has 0 bridgehead atoms. The summed E-state index contributed by atoms with van der Waals surface area (Å²) < 4.78 is 0. The van der Waals surface area contributed by atoms with Crippen LogP contribution in [-0.4, -0.2) is 44.8 Å². The number of aromatic hydroxyl groups is 1. The van der Waals surface area contributed by atoms with E-state index in [1.165, 1.54) is 18.3 Å². The fraction of sp³-hybridized carbons (Fsp3) is 0.300. The summed E-state index contributed by atoms with van der Waals surface area (Å²) in [5.74, 6) is -2.40. The van der Waals surface area contributed by atoms with Gasteiger partial charge in [-0.2, -0.15) is 0 Å². The van der Waals surface area contributed by atoms with E-state index in [1.807, 2.05) is 0 Å². The maximum atomic E-state index is 11.6. The minimum absolute atomic E-state index is 0.116. The molecule has 1 heterocycles. The van der Waals surface area contributed by atoms with Crippen LogP contribution in [0.1, 0.15) is 16.9 Å². The Bertz CT molecular complexity index is 421. The van der Waals surface area contributed by atoms with E-state index in [4.69, 9.17) is 10.2 Å². The van der Waals surface area contributed by atoms with Crippen LogP contribution < -0.4 is 5.32 Å². The largest absolute Gasteiger partial charge is 0.505 e. The normalized spacial score (nSPS) is 11.8. The first-order valence-electron chi connectivity index (χ1n) is 4.84. The molecule has 92 valence electrons. The Balaban J connectivity index is 2.77. The number of carboxylic acid groups (broad SMARTS) is 1. The number of hydrogen-bond acceptors (Lipinski definition) is 5. The number of aliphatic hydroxyl groups excluding tert-OH is 1. The monoisotopic (exact) mass is 240 g/mol. The minimum atomic E-state index is -1.26. The summed E-state index contributed by atoms with van der Waals surface area (Å²) in [6.07, 6.45) is 1.19. The van der Waals surface area contributed by atoms with E-state index >= 15 is 0 Å². The van der Waals surface area contributed by atoms with Gasteiger partial charge in [-0.15, -0.1) is 0 Å². The van der Waals surface area contributed by atoms with Gasteiger partial charge in [0.1, 0.15) is 11.8 Å². The summed E-state index contributed by atoms with van der Waals surface area (Å²) in [5, 5.41) is 28.9. The molecule has 0 fully saturated rings. The SMILES string of the molecule is O=C(N[C@@H](CCO)C(=O)O)c1ncccc1O. The van der Waals surface area contributed by atoms with Crippen LogP contribution in [0.2, 0.25) is 0 Å². The van der Waals surface area contributed by atoms with Gasteiger partial charge in [0.15, 0.2) is 5.69 Å². The van der Waals surface area contributed by atoms with Gasteiger partial charge in [-0.05, 0) is 12.1 Å². The number of amides is 1. The van der Waals surface area contributed by atoms with Crippen molar-refractivity contribution in [3.05, 3.63) is 24.0 Å². The van der Waals surface area contributed by atoms with Crippen LogP contribution in [0.15, 0.2) is 18.3 Å². The molecule has 4 N–H and O–H groups in total. The van der Waals surface area contributed by atoms with E-state index in [1.54, 1.807) is 0 Å². The van der Waals surface area contributed by atoms with Crippen molar-refractivity contribution in [1.82, 2.24) is 10.3 Å². The van der Waals surface area contributed by atoms with Crippen LogP contribution in [0.3, 0.4) is 0 Å². The van der Waals surface area contributed by atoms with E-state index in [0.29, 0.717) is 0 Å². The number of aliphatic carboxylic acids is 1. The lowest BCUT2D eigenvalue weighted by Gasteiger charge is -2.12. The molecule has 1 amide bonds. The summed E-state index contributed by atoms with van der Waals surface area (Å²) in [4.78, 5) is 25.9. The predicted octanol–water partition coefficient (Wildman–Crippen LogP) is -0.647. The molecular weight excluding hydrogens is 228 g/mol. The van der Waals surface area contributed by atoms with Crippen LogP contribution in [0, 0.1) is 0 Å². The molecule has 0 radical (unpaired) electrons. The van der Waals surface area contributed by atoms with Gasteiger partial charge in [0.05, 0.1) is 0 Å². The Kier molecular flexibility index (Phi) is 4.41. The van der Waals surface area contributed by atoms with Gasteiger partial charge < -0.3 is 20.6 Å². The van der Waals surface area contributed by atoms with E-state index < -0.39 is 17.9 Å². The van der Waals surface area contributed by atoms with Gasteiger partial charge in [0.2, 0.25) is 0 Å². The van der Waals surface area contributed by atoms with Gasteiger partial charge in [-0.3, -0.25) is 4.79 Å². The Morgan fingerprint density at radius 1 is 1.47 bits per heavy atom. The molecule has 0 unspecified atom stereocenters. The van der Waals surface area contributed by atoms with Crippen molar-refractivity contribution >= 4 is 11.9 Å². The van der Waals surface area contributed by atoms with Crippen LogP contribution in [0.25, 0.3) is 0 Å². The van der Waals surface area contributed by atoms with Gasteiger partial charge in [0, 0.05) is 19.2 Å². The average molecular weight is 240 g/mol. The lowest BCUT2D eigenvalue weighted by molar-refractivity contribution is -0.139. The second-order valence-electron chi connectivity index (χ2n) is 3.25. The fourth-order valence-corrected chi connectivity index (χ4v) is 1.18. The molecule has 17 heavy (non-hydrogen) atoms. The van der Waals surface area contributed by atoms with E-state index in [9.17, 15) is 14.7 Å². The van der Waals surface area contributed by atoms with Crippen molar-refractivity contribution in [2.24, 2.45) is 0 Å². The number of aromatic nitrogens is 1. The summed E-state index contributed by atoms with van der Waals surface area (Å²) in [7, 11) is 0. The first kappa shape index (κ1) is 12.9. The van der Waals surface area contributed by atoms with Gasteiger partial charge in [-0.25, -0.2) is 9.78 Å². The third-order valence-electron chi connectivity index (χ3n) is 2.02. The quantitative estimate of drug-likeness (QED) is 0.543. The Hall–Kier alpha value is -2.15. The van der Waals surface area contributed by atoms with Crippen molar-refractivity contribution in [2.45, 2.75) is 12.5 Å². The first-order valence-corrected chi connectivity index (χ1v) is 4.84. The molecule has 0 aliphatic carbocycles. The van der Waals surface area contributed by atoms with E-state index in [2.05, 4.69) is 10.3 Å². The number of carbonyl (C=O) groups is 2. The molecule has 1 aromatic heterocycles. The van der Waals surface area contributed by atoms with Gasteiger partial charge >= 0.3 is 5.97 Å². The highest BCUT2D eigenvalue weighted by molar-refractivity contribution is 5.96. The van der Waals surface area contributed by atoms with Crippen molar-refractivity contribution in [1.29, 1.82) is 0 Å². The Labute approximate surface area is 96.7 Å². The van der Waals surface area contributed by atoms with Crippen molar-refractivity contribution < 1.29 is 24.9 Å². The molecule has 1 aromatic rings.